The van der Waals surface area contributed by atoms with Crippen molar-refractivity contribution in [1.29, 1.82) is 0 Å². The van der Waals surface area contributed by atoms with Gasteiger partial charge in [-0.05, 0) is 49.9 Å². The number of carbonyl (C=O) groups is 1. The van der Waals surface area contributed by atoms with E-state index >= 15 is 0 Å². The number of amides is 1. The molecule has 0 spiro atoms. The SMILES string of the molecule is CC1CCN(C(=O)[C@@H](C)Sc2nnc(-c3ccc(F)cc3)o2)CC1. The van der Waals surface area contributed by atoms with E-state index in [1.807, 2.05) is 11.8 Å². The topological polar surface area (TPSA) is 59.2 Å². The molecule has 0 radical (unpaired) electrons. The molecule has 1 aliphatic rings. The molecule has 5 nitrogen and oxygen atoms in total. The number of thioether (sulfide) groups is 1. The molecule has 1 saturated heterocycles. The second-order valence-electron chi connectivity index (χ2n) is 6.15. The lowest BCUT2D eigenvalue weighted by atomic mass is 9.99. The highest BCUT2D eigenvalue weighted by Crippen LogP contribution is 2.28. The number of hydrogen-bond acceptors (Lipinski definition) is 5. The van der Waals surface area contributed by atoms with Crippen molar-refractivity contribution in [2.75, 3.05) is 13.1 Å². The first-order valence-electron chi connectivity index (χ1n) is 8.08. The summed E-state index contributed by atoms with van der Waals surface area (Å²) in [7, 11) is 0. The van der Waals surface area contributed by atoms with Crippen LogP contribution in [0.2, 0.25) is 0 Å². The highest BCUT2D eigenvalue weighted by Gasteiger charge is 2.26. The number of rotatable bonds is 4. The number of benzene rings is 1. The Balaban J connectivity index is 1.61. The molecule has 1 aromatic heterocycles. The van der Waals surface area contributed by atoms with E-state index in [2.05, 4.69) is 17.1 Å². The van der Waals surface area contributed by atoms with Gasteiger partial charge in [0.1, 0.15) is 5.82 Å². The van der Waals surface area contributed by atoms with E-state index in [1.165, 1.54) is 23.9 Å². The molecule has 2 heterocycles. The number of hydrogen-bond donors (Lipinski definition) is 0. The first-order valence-corrected chi connectivity index (χ1v) is 8.96. The first kappa shape index (κ1) is 17.0. The minimum atomic E-state index is -0.317. The average molecular weight is 349 g/mol. The van der Waals surface area contributed by atoms with Crippen molar-refractivity contribution >= 4 is 17.7 Å². The molecule has 2 aromatic rings. The van der Waals surface area contributed by atoms with Crippen LogP contribution in [0.3, 0.4) is 0 Å². The van der Waals surface area contributed by atoms with Crippen molar-refractivity contribution in [3.05, 3.63) is 30.1 Å². The summed E-state index contributed by atoms with van der Waals surface area (Å²) in [6.45, 7) is 5.70. The monoisotopic (exact) mass is 349 g/mol. The molecule has 24 heavy (non-hydrogen) atoms. The predicted molar refractivity (Wildman–Crippen MR) is 90.0 cm³/mol. The summed E-state index contributed by atoms with van der Waals surface area (Å²) in [6.07, 6.45) is 2.11. The molecule has 1 aromatic carbocycles. The number of halogens is 1. The van der Waals surface area contributed by atoms with Gasteiger partial charge in [0.25, 0.3) is 5.22 Å². The Labute approximate surface area is 144 Å². The fraction of sp³-hybridized carbons (Fsp3) is 0.471. The Kier molecular flexibility index (Phi) is 5.18. The molecular formula is C17H20FN3O2S. The zero-order valence-electron chi connectivity index (χ0n) is 13.7. The molecular weight excluding hydrogens is 329 g/mol. The van der Waals surface area contributed by atoms with E-state index in [0.29, 0.717) is 22.6 Å². The van der Waals surface area contributed by atoms with E-state index in [4.69, 9.17) is 4.42 Å². The van der Waals surface area contributed by atoms with Gasteiger partial charge in [-0.15, -0.1) is 10.2 Å². The lowest BCUT2D eigenvalue weighted by molar-refractivity contribution is -0.131. The van der Waals surface area contributed by atoms with Gasteiger partial charge in [0.2, 0.25) is 11.8 Å². The summed E-state index contributed by atoms with van der Waals surface area (Å²) in [5, 5.41) is 8.01. The Morgan fingerprint density at radius 1 is 1.29 bits per heavy atom. The molecule has 0 aliphatic carbocycles. The van der Waals surface area contributed by atoms with E-state index in [1.54, 1.807) is 12.1 Å². The van der Waals surface area contributed by atoms with Crippen LogP contribution >= 0.6 is 11.8 Å². The van der Waals surface area contributed by atoms with Crippen molar-refractivity contribution < 1.29 is 13.6 Å². The van der Waals surface area contributed by atoms with E-state index in [-0.39, 0.29) is 17.0 Å². The third kappa shape index (κ3) is 3.95. The van der Waals surface area contributed by atoms with Crippen molar-refractivity contribution in [3.63, 3.8) is 0 Å². The van der Waals surface area contributed by atoms with Gasteiger partial charge in [-0.3, -0.25) is 4.79 Å². The summed E-state index contributed by atoms with van der Waals surface area (Å²) < 4.78 is 18.5. The van der Waals surface area contributed by atoms with Crippen LogP contribution in [0.4, 0.5) is 4.39 Å². The van der Waals surface area contributed by atoms with Crippen molar-refractivity contribution in [2.24, 2.45) is 5.92 Å². The van der Waals surface area contributed by atoms with Gasteiger partial charge in [-0.2, -0.15) is 0 Å². The second-order valence-corrected chi connectivity index (χ2v) is 7.44. The van der Waals surface area contributed by atoms with Gasteiger partial charge < -0.3 is 9.32 Å². The third-order valence-electron chi connectivity index (χ3n) is 4.22. The van der Waals surface area contributed by atoms with Crippen LogP contribution in [0.15, 0.2) is 33.9 Å². The smallest absolute Gasteiger partial charge is 0.277 e. The molecule has 1 fully saturated rings. The molecule has 3 rings (SSSR count). The zero-order chi connectivity index (χ0) is 17.1. The maximum atomic E-state index is 13.0. The van der Waals surface area contributed by atoms with Gasteiger partial charge in [0.05, 0.1) is 5.25 Å². The highest BCUT2D eigenvalue weighted by atomic mass is 32.2. The van der Waals surface area contributed by atoms with Gasteiger partial charge >= 0.3 is 0 Å². The molecule has 0 unspecified atom stereocenters. The van der Waals surface area contributed by atoms with Gasteiger partial charge in [-0.1, -0.05) is 18.7 Å². The van der Waals surface area contributed by atoms with Gasteiger partial charge in [-0.25, -0.2) is 4.39 Å². The van der Waals surface area contributed by atoms with Crippen LogP contribution in [0, 0.1) is 11.7 Å². The summed E-state index contributed by atoms with van der Waals surface area (Å²) in [6, 6.07) is 5.85. The van der Waals surface area contributed by atoms with Gasteiger partial charge in [0, 0.05) is 18.7 Å². The van der Waals surface area contributed by atoms with Crippen LogP contribution < -0.4 is 0 Å². The Morgan fingerprint density at radius 2 is 1.96 bits per heavy atom. The first-order chi connectivity index (χ1) is 11.5. The predicted octanol–water partition coefficient (Wildman–Crippen LogP) is 3.61. The van der Waals surface area contributed by atoms with Crippen LogP contribution in [-0.4, -0.2) is 39.3 Å². The van der Waals surface area contributed by atoms with E-state index < -0.39 is 0 Å². The van der Waals surface area contributed by atoms with Gasteiger partial charge in [0.15, 0.2) is 0 Å². The molecule has 0 bridgehead atoms. The van der Waals surface area contributed by atoms with Crippen LogP contribution in [0.25, 0.3) is 11.5 Å². The highest BCUT2D eigenvalue weighted by molar-refractivity contribution is 8.00. The molecule has 1 aliphatic heterocycles. The minimum Gasteiger partial charge on any atom is -0.411 e. The quantitative estimate of drug-likeness (QED) is 0.789. The number of carbonyl (C=O) groups excluding carboxylic acids is 1. The summed E-state index contributed by atoms with van der Waals surface area (Å²) in [5.41, 5.74) is 0.653. The Morgan fingerprint density at radius 3 is 2.62 bits per heavy atom. The fourth-order valence-corrected chi connectivity index (χ4v) is 3.42. The normalized spacial score (nSPS) is 17.0. The standard InChI is InChI=1S/C17H20FN3O2S/c1-11-7-9-21(10-8-11)16(22)12(2)24-17-20-19-15(23-17)13-3-5-14(18)6-4-13/h3-6,11-12H,7-10H2,1-2H3/t12-/m1/s1. The molecule has 1 amide bonds. The Hall–Kier alpha value is -1.89. The van der Waals surface area contributed by atoms with Crippen LogP contribution in [-0.2, 0) is 4.79 Å². The van der Waals surface area contributed by atoms with E-state index in [0.717, 1.165) is 25.9 Å². The summed E-state index contributed by atoms with van der Waals surface area (Å²) in [4.78, 5) is 14.4. The maximum Gasteiger partial charge on any atom is 0.277 e. The number of likely N-dealkylation sites (tertiary alicyclic amines) is 1. The van der Waals surface area contributed by atoms with E-state index in [9.17, 15) is 9.18 Å². The molecule has 128 valence electrons. The summed E-state index contributed by atoms with van der Waals surface area (Å²) in [5.74, 6) is 0.798. The number of aromatic nitrogens is 2. The molecule has 0 N–H and O–H groups in total. The molecule has 1 atom stereocenters. The van der Waals surface area contributed by atoms with Crippen molar-refractivity contribution in [1.82, 2.24) is 15.1 Å². The average Bonchev–Trinajstić information content (AvgIpc) is 3.04. The van der Waals surface area contributed by atoms with Crippen molar-refractivity contribution in [3.8, 4) is 11.5 Å². The van der Waals surface area contributed by atoms with Crippen molar-refractivity contribution in [2.45, 2.75) is 37.2 Å². The molecule has 0 saturated carbocycles. The van der Waals surface area contributed by atoms with Crippen LogP contribution in [0.5, 0.6) is 0 Å². The molecule has 7 heteroatoms. The largest absolute Gasteiger partial charge is 0.411 e. The lowest BCUT2D eigenvalue weighted by Crippen LogP contribution is -2.41. The van der Waals surface area contributed by atoms with Crippen LogP contribution in [0.1, 0.15) is 26.7 Å². The zero-order valence-corrected chi connectivity index (χ0v) is 14.6. The minimum absolute atomic E-state index is 0.105. The second kappa shape index (κ2) is 7.34. The number of piperidine rings is 1. The Bertz CT molecular complexity index is 696. The fourth-order valence-electron chi connectivity index (χ4n) is 2.65. The third-order valence-corrected chi connectivity index (χ3v) is 5.14. The summed E-state index contributed by atoms with van der Waals surface area (Å²) >= 11 is 1.26. The lowest BCUT2D eigenvalue weighted by Gasteiger charge is -2.31. The maximum absolute atomic E-state index is 13.0. The number of nitrogens with zero attached hydrogens (tertiary/aromatic N) is 3.